The number of carbonyl (C=O) groups is 1. The number of rotatable bonds is 7. The van der Waals surface area contributed by atoms with E-state index in [1.165, 1.54) is 27.8 Å². The monoisotopic (exact) mass is 525 g/mol. The lowest BCUT2D eigenvalue weighted by Crippen LogP contribution is -2.36. The lowest BCUT2D eigenvalue weighted by molar-refractivity contribution is 0.0955. The van der Waals surface area contributed by atoms with E-state index in [-0.39, 0.29) is 10.5 Å². The van der Waals surface area contributed by atoms with E-state index in [0.29, 0.717) is 26.3 Å². The predicted molar refractivity (Wildman–Crippen MR) is 140 cm³/mol. The molecule has 0 aliphatic carbocycles. The van der Waals surface area contributed by atoms with Gasteiger partial charge < -0.3 is 9.64 Å². The van der Waals surface area contributed by atoms with E-state index < -0.39 is 15.9 Å². The molecule has 1 N–H and O–H groups in total. The Kier molecular flexibility index (Phi) is 7.42. The summed E-state index contributed by atoms with van der Waals surface area (Å²) in [5, 5.41) is 5.05. The van der Waals surface area contributed by atoms with Gasteiger partial charge >= 0.3 is 0 Å². The van der Waals surface area contributed by atoms with Gasteiger partial charge in [0.1, 0.15) is 0 Å². The number of hydrogen-bond acceptors (Lipinski definition) is 8. The second-order valence-electron chi connectivity index (χ2n) is 8.51. The van der Waals surface area contributed by atoms with Crippen LogP contribution in [-0.2, 0) is 14.8 Å². The average Bonchev–Trinajstić information content (AvgIpc) is 3.61. The molecule has 2 aliphatic heterocycles. The molecule has 9 nitrogen and oxygen atoms in total. The molecular weight excluding hydrogens is 498 g/mol. The molecule has 188 valence electrons. The molecule has 2 fully saturated rings. The highest BCUT2D eigenvalue weighted by molar-refractivity contribution is 7.89. The Morgan fingerprint density at radius 3 is 2.53 bits per heavy atom. The van der Waals surface area contributed by atoms with Crippen LogP contribution in [0.25, 0.3) is 11.3 Å². The smallest absolute Gasteiger partial charge is 0.271 e. The van der Waals surface area contributed by atoms with E-state index >= 15 is 0 Å². The zero-order chi connectivity index (χ0) is 25.0. The van der Waals surface area contributed by atoms with Crippen LogP contribution in [0.4, 0.5) is 5.13 Å². The molecule has 2 aromatic carbocycles. The highest BCUT2D eigenvalue weighted by atomic mass is 32.2. The van der Waals surface area contributed by atoms with Gasteiger partial charge in [0.25, 0.3) is 5.91 Å². The molecule has 36 heavy (non-hydrogen) atoms. The lowest BCUT2D eigenvalue weighted by Gasteiger charge is -2.26. The number of hydrazone groups is 1. The van der Waals surface area contributed by atoms with Gasteiger partial charge in [-0.15, -0.1) is 0 Å². The molecule has 0 bridgehead atoms. The van der Waals surface area contributed by atoms with Crippen LogP contribution < -0.4 is 10.3 Å². The third-order valence-corrected chi connectivity index (χ3v) is 9.06. The van der Waals surface area contributed by atoms with Crippen molar-refractivity contribution in [1.82, 2.24) is 14.7 Å². The van der Waals surface area contributed by atoms with Crippen LogP contribution in [0.2, 0.25) is 0 Å². The Labute approximate surface area is 214 Å². The van der Waals surface area contributed by atoms with Crippen LogP contribution in [0.3, 0.4) is 0 Å². The maximum Gasteiger partial charge on any atom is 0.271 e. The van der Waals surface area contributed by atoms with Crippen LogP contribution in [0.15, 0.2) is 64.6 Å². The third kappa shape index (κ3) is 5.34. The molecule has 0 unspecified atom stereocenters. The van der Waals surface area contributed by atoms with E-state index in [1.54, 1.807) is 18.3 Å². The van der Waals surface area contributed by atoms with Crippen LogP contribution >= 0.6 is 11.3 Å². The number of ether oxygens (including phenoxy) is 1. The van der Waals surface area contributed by atoms with Crippen molar-refractivity contribution in [2.24, 2.45) is 5.10 Å². The number of benzene rings is 2. The fourth-order valence-corrected chi connectivity index (χ4v) is 6.76. The molecule has 2 saturated heterocycles. The van der Waals surface area contributed by atoms with Crippen molar-refractivity contribution < 1.29 is 17.9 Å². The van der Waals surface area contributed by atoms with Crippen LogP contribution in [-0.4, -0.2) is 69.2 Å². The summed E-state index contributed by atoms with van der Waals surface area (Å²) < 4.78 is 32.6. The first kappa shape index (κ1) is 24.6. The minimum absolute atomic E-state index is 0.116. The van der Waals surface area contributed by atoms with Crippen molar-refractivity contribution in [1.29, 1.82) is 0 Å². The minimum atomic E-state index is -3.61. The normalized spacial score (nSPS) is 17.1. The van der Waals surface area contributed by atoms with E-state index in [0.717, 1.165) is 47.2 Å². The molecule has 0 spiro atoms. The first-order valence-electron chi connectivity index (χ1n) is 11.8. The third-order valence-electron chi connectivity index (χ3n) is 6.12. The van der Waals surface area contributed by atoms with Gasteiger partial charge in [-0.2, -0.15) is 9.41 Å². The van der Waals surface area contributed by atoms with Crippen molar-refractivity contribution in [3.63, 3.8) is 0 Å². The van der Waals surface area contributed by atoms with Crippen LogP contribution in [0.5, 0.6) is 0 Å². The summed E-state index contributed by atoms with van der Waals surface area (Å²) in [7, 11) is -3.61. The molecule has 2 aliphatic rings. The van der Waals surface area contributed by atoms with Crippen molar-refractivity contribution in [3.05, 3.63) is 65.0 Å². The number of aromatic nitrogens is 1. The summed E-state index contributed by atoms with van der Waals surface area (Å²) in [6.45, 7) is 3.87. The quantitative estimate of drug-likeness (QED) is 0.375. The number of amides is 1. The van der Waals surface area contributed by atoms with E-state index in [1.807, 2.05) is 30.3 Å². The highest BCUT2D eigenvalue weighted by Gasteiger charge is 2.27. The summed E-state index contributed by atoms with van der Waals surface area (Å²) in [4.78, 5) is 20.7. The van der Waals surface area contributed by atoms with Gasteiger partial charge in [0.2, 0.25) is 10.0 Å². The number of nitrogens with zero attached hydrogens (tertiary/aromatic N) is 4. The molecule has 0 saturated carbocycles. The SMILES string of the molecule is O=C(N/N=C\c1sc(N2CCOCC2)nc1-c1ccccc1)c1cccc(S(=O)(=O)N2CCCC2)c1. The van der Waals surface area contributed by atoms with Gasteiger partial charge in [-0.05, 0) is 31.0 Å². The van der Waals surface area contributed by atoms with Crippen molar-refractivity contribution in [2.75, 3.05) is 44.3 Å². The fraction of sp³-hybridized carbons (Fsp3) is 0.320. The summed E-state index contributed by atoms with van der Waals surface area (Å²) in [6.07, 6.45) is 3.29. The summed E-state index contributed by atoms with van der Waals surface area (Å²) in [6, 6.07) is 15.9. The van der Waals surface area contributed by atoms with Gasteiger partial charge in [-0.1, -0.05) is 47.7 Å². The van der Waals surface area contributed by atoms with E-state index in [9.17, 15) is 13.2 Å². The molecule has 0 radical (unpaired) electrons. The summed E-state index contributed by atoms with van der Waals surface area (Å²) >= 11 is 1.50. The number of morpholine rings is 1. The Bertz CT molecular complexity index is 1350. The second kappa shape index (κ2) is 10.9. The molecule has 3 aromatic rings. The summed E-state index contributed by atoms with van der Waals surface area (Å²) in [5.41, 5.74) is 4.51. The number of hydrogen-bond donors (Lipinski definition) is 1. The van der Waals surface area contributed by atoms with Crippen molar-refractivity contribution in [2.45, 2.75) is 17.7 Å². The lowest BCUT2D eigenvalue weighted by atomic mass is 10.1. The Morgan fingerprint density at radius 2 is 1.78 bits per heavy atom. The van der Waals surface area contributed by atoms with Gasteiger partial charge in [0.15, 0.2) is 5.13 Å². The molecule has 3 heterocycles. The van der Waals surface area contributed by atoms with Crippen molar-refractivity contribution >= 4 is 38.6 Å². The van der Waals surface area contributed by atoms with Crippen molar-refractivity contribution in [3.8, 4) is 11.3 Å². The van der Waals surface area contributed by atoms with Crippen LogP contribution in [0, 0.1) is 0 Å². The van der Waals surface area contributed by atoms with Gasteiger partial charge in [-0.25, -0.2) is 18.8 Å². The van der Waals surface area contributed by atoms with Crippen LogP contribution in [0.1, 0.15) is 28.1 Å². The molecule has 1 amide bonds. The second-order valence-corrected chi connectivity index (χ2v) is 11.5. The number of thiazole rings is 1. The Balaban J connectivity index is 1.34. The average molecular weight is 526 g/mol. The van der Waals surface area contributed by atoms with E-state index in [4.69, 9.17) is 9.72 Å². The minimum Gasteiger partial charge on any atom is -0.378 e. The number of nitrogens with one attached hydrogen (secondary N) is 1. The molecule has 11 heteroatoms. The summed E-state index contributed by atoms with van der Waals surface area (Å²) in [5.74, 6) is -0.482. The maximum absolute atomic E-state index is 12.9. The first-order chi connectivity index (χ1) is 17.5. The topological polar surface area (TPSA) is 104 Å². The molecule has 5 rings (SSSR count). The molecule has 1 aromatic heterocycles. The van der Waals surface area contributed by atoms with Gasteiger partial charge in [-0.3, -0.25) is 4.79 Å². The number of sulfonamides is 1. The predicted octanol–water partition coefficient (Wildman–Crippen LogP) is 3.20. The molecular formula is C25H27N5O4S2. The molecule has 0 atom stereocenters. The Hall–Kier alpha value is -3.12. The standard InChI is InChI=1S/C25H27N5O4S2/c31-24(20-9-6-10-21(17-20)36(32,33)30-11-4-5-12-30)28-26-18-22-23(19-7-2-1-3-8-19)27-25(35-22)29-13-15-34-16-14-29/h1-3,6-10,17-18H,4-5,11-16H2,(H,28,31)/b26-18-. The number of carbonyl (C=O) groups excluding carboxylic acids is 1. The highest BCUT2D eigenvalue weighted by Crippen LogP contribution is 2.32. The maximum atomic E-state index is 12.9. The van der Waals surface area contributed by atoms with E-state index in [2.05, 4.69) is 15.4 Å². The number of anilines is 1. The largest absolute Gasteiger partial charge is 0.378 e. The first-order valence-corrected chi connectivity index (χ1v) is 14.1. The Morgan fingerprint density at radius 1 is 1.03 bits per heavy atom. The fourth-order valence-electron chi connectivity index (χ4n) is 4.19. The van der Waals surface area contributed by atoms with Gasteiger partial charge in [0.05, 0.1) is 34.9 Å². The van der Waals surface area contributed by atoms with Gasteiger partial charge in [0, 0.05) is 37.3 Å². The zero-order valence-corrected chi connectivity index (χ0v) is 21.3. The zero-order valence-electron chi connectivity index (χ0n) is 19.7.